The molecular weight excluding hydrogens is 280 g/mol. The number of carbonyl (C=O) groups excluding carboxylic acids is 2. The van der Waals surface area contributed by atoms with Gasteiger partial charge in [-0.1, -0.05) is 58.3 Å². The maximum atomic E-state index is 11.7. The lowest BCUT2D eigenvalue weighted by atomic mass is 10.1. The Morgan fingerprint density at radius 2 is 1.45 bits per heavy atom. The van der Waals surface area contributed by atoms with Gasteiger partial charge in [0.05, 0.1) is 6.61 Å². The summed E-state index contributed by atoms with van der Waals surface area (Å²) in [6, 6.07) is -0.828. The lowest BCUT2D eigenvalue weighted by molar-refractivity contribution is -0.130. The molecular formula is C17H34N2O3. The fourth-order valence-corrected chi connectivity index (χ4v) is 2.35. The average Bonchev–Trinajstić information content (AvgIpc) is 2.51. The molecule has 0 aromatic heterocycles. The minimum absolute atomic E-state index is 0.159. The van der Waals surface area contributed by atoms with Crippen molar-refractivity contribution in [1.82, 2.24) is 10.6 Å². The van der Waals surface area contributed by atoms with Crippen LogP contribution in [0.2, 0.25) is 0 Å². The second-order valence-corrected chi connectivity index (χ2v) is 5.78. The van der Waals surface area contributed by atoms with Crippen LogP contribution in [-0.2, 0) is 9.59 Å². The molecule has 0 aliphatic heterocycles. The number of hydrogen-bond acceptors (Lipinski definition) is 3. The number of unbranched alkanes of at least 4 members (excludes halogenated alkanes) is 8. The van der Waals surface area contributed by atoms with Gasteiger partial charge < -0.3 is 15.7 Å². The fourth-order valence-electron chi connectivity index (χ4n) is 2.35. The van der Waals surface area contributed by atoms with E-state index >= 15 is 0 Å². The third-order valence-corrected chi connectivity index (χ3v) is 3.69. The highest BCUT2D eigenvalue weighted by Crippen LogP contribution is 2.10. The molecule has 5 heteroatoms. The Kier molecular flexibility index (Phi) is 14.1. The molecule has 0 aromatic rings. The molecule has 5 nitrogen and oxygen atoms in total. The van der Waals surface area contributed by atoms with Crippen LogP contribution in [0.25, 0.3) is 0 Å². The molecule has 1 atom stereocenters. The van der Waals surface area contributed by atoms with Gasteiger partial charge in [-0.2, -0.15) is 0 Å². The standard InChI is InChI=1S/C17H34N2O3/c1-3-5-6-7-8-9-10-11-12-13-16(21)19-15(14-20)17(22)18-4-2/h15,20H,3-14H2,1-2H3,(H,18,22)(H,19,21). The largest absolute Gasteiger partial charge is 0.394 e. The molecule has 0 aliphatic rings. The minimum Gasteiger partial charge on any atom is -0.394 e. The lowest BCUT2D eigenvalue weighted by Gasteiger charge is -2.15. The zero-order chi connectivity index (χ0) is 16.6. The van der Waals surface area contributed by atoms with Gasteiger partial charge >= 0.3 is 0 Å². The molecule has 1 unspecified atom stereocenters. The number of carbonyl (C=O) groups is 2. The summed E-state index contributed by atoms with van der Waals surface area (Å²) in [7, 11) is 0. The number of aliphatic hydroxyl groups is 1. The van der Waals surface area contributed by atoms with Gasteiger partial charge in [-0.25, -0.2) is 0 Å². The van der Waals surface area contributed by atoms with E-state index in [0.29, 0.717) is 13.0 Å². The summed E-state index contributed by atoms with van der Waals surface area (Å²) in [5.74, 6) is -0.487. The van der Waals surface area contributed by atoms with Gasteiger partial charge in [0.25, 0.3) is 0 Å². The van der Waals surface area contributed by atoms with Crippen LogP contribution in [0.3, 0.4) is 0 Å². The Labute approximate surface area is 135 Å². The third-order valence-electron chi connectivity index (χ3n) is 3.69. The van der Waals surface area contributed by atoms with E-state index in [1.54, 1.807) is 6.92 Å². The van der Waals surface area contributed by atoms with Gasteiger partial charge in [-0.15, -0.1) is 0 Å². The molecule has 0 saturated carbocycles. The van der Waals surface area contributed by atoms with Crippen LogP contribution in [0.15, 0.2) is 0 Å². The van der Waals surface area contributed by atoms with E-state index < -0.39 is 6.04 Å². The Balaban J connectivity index is 3.58. The molecule has 22 heavy (non-hydrogen) atoms. The summed E-state index contributed by atoms with van der Waals surface area (Å²) in [6.07, 6.45) is 11.3. The fraction of sp³-hybridized carbons (Fsp3) is 0.882. The number of amides is 2. The van der Waals surface area contributed by atoms with Crippen molar-refractivity contribution in [2.75, 3.05) is 13.2 Å². The molecule has 0 aliphatic carbocycles. The van der Waals surface area contributed by atoms with Crippen molar-refractivity contribution < 1.29 is 14.7 Å². The van der Waals surface area contributed by atoms with Gasteiger partial charge in [0.15, 0.2) is 0 Å². The average molecular weight is 314 g/mol. The first kappa shape index (κ1) is 20.9. The van der Waals surface area contributed by atoms with Gasteiger partial charge in [0.1, 0.15) is 6.04 Å². The molecule has 0 fully saturated rings. The first-order valence-electron chi connectivity index (χ1n) is 8.83. The summed E-state index contributed by atoms with van der Waals surface area (Å²) in [5.41, 5.74) is 0. The van der Waals surface area contributed by atoms with E-state index in [-0.39, 0.29) is 18.4 Å². The van der Waals surface area contributed by atoms with Crippen molar-refractivity contribution >= 4 is 11.8 Å². The number of hydrogen-bond donors (Lipinski definition) is 3. The van der Waals surface area contributed by atoms with Crippen molar-refractivity contribution in [2.45, 2.75) is 84.1 Å². The number of likely N-dealkylation sites (N-methyl/N-ethyl adjacent to an activating group) is 1. The summed E-state index contributed by atoms with van der Waals surface area (Å²) >= 11 is 0. The van der Waals surface area contributed by atoms with E-state index in [4.69, 9.17) is 5.11 Å². The maximum Gasteiger partial charge on any atom is 0.244 e. The predicted molar refractivity (Wildman–Crippen MR) is 89.5 cm³/mol. The van der Waals surface area contributed by atoms with Crippen LogP contribution in [0.5, 0.6) is 0 Å². The first-order valence-corrected chi connectivity index (χ1v) is 8.83. The predicted octanol–water partition coefficient (Wildman–Crippen LogP) is 2.52. The smallest absolute Gasteiger partial charge is 0.244 e. The Morgan fingerprint density at radius 1 is 0.909 bits per heavy atom. The first-order chi connectivity index (χ1) is 10.7. The molecule has 3 N–H and O–H groups in total. The third kappa shape index (κ3) is 11.5. The Morgan fingerprint density at radius 3 is 1.95 bits per heavy atom. The number of aliphatic hydroxyl groups excluding tert-OH is 1. The molecule has 130 valence electrons. The number of nitrogens with one attached hydrogen (secondary N) is 2. The molecule has 0 saturated heterocycles. The topological polar surface area (TPSA) is 78.4 Å². The maximum absolute atomic E-state index is 11.7. The van der Waals surface area contributed by atoms with Crippen molar-refractivity contribution in [3.8, 4) is 0 Å². The van der Waals surface area contributed by atoms with Gasteiger partial charge in [-0.05, 0) is 13.3 Å². The van der Waals surface area contributed by atoms with Crippen LogP contribution >= 0.6 is 0 Å². The highest BCUT2D eigenvalue weighted by atomic mass is 16.3. The van der Waals surface area contributed by atoms with Crippen molar-refractivity contribution in [1.29, 1.82) is 0 Å². The van der Waals surface area contributed by atoms with Gasteiger partial charge in [0, 0.05) is 13.0 Å². The van der Waals surface area contributed by atoms with Crippen molar-refractivity contribution in [2.24, 2.45) is 0 Å². The second kappa shape index (κ2) is 14.8. The zero-order valence-electron chi connectivity index (χ0n) is 14.3. The van der Waals surface area contributed by atoms with Crippen LogP contribution in [0, 0.1) is 0 Å². The molecule has 0 heterocycles. The van der Waals surface area contributed by atoms with Crippen LogP contribution in [0.1, 0.15) is 78.1 Å². The molecule has 0 radical (unpaired) electrons. The molecule has 0 rings (SSSR count). The van der Waals surface area contributed by atoms with E-state index in [0.717, 1.165) is 12.8 Å². The van der Waals surface area contributed by atoms with Crippen LogP contribution in [-0.4, -0.2) is 36.1 Å². The van der Waals surface area contributed by atoms with Crippen LogP contribution < -0.4 is 10.6 Å². The monoisotopic (exact) mass is 314 g/mol. The minimum atomic E-state index is -0.828. The van der Waals surface area contributed by atoms with E-state index in [1.165, 1.54) is 44.9 Å². The second-order valence-electron chi connectivity index (χ2n) is 5.78. The van der Waals surface area contributed by atoms with Crippen molar-refractivity contribution in [3.05, 3.63) is 0 Å². The highest BCUT2D eigenvalue weighted by Gasteiger charge is 2.18. The Bertz CT molecular complexity index is 296. The summed E-state index contributed by atoms with van der Waals surface area (Å²) < 4.78 is 0. The quantitative estimate of drug-likeness (QED) is 0.431. The SMILES string of the molecule is CCCCCCCCCCCC(=O)NC(CO)C(=O)NCC. The molecule has 0 aromatic carbocycles. The van der Waals surface area contributed by atoms with Gasteiger partial charge in [-0.3, -0.25) is 9.59 Å². The van der Waals surface area contributed by atoms with E-state index in [1.807, 2.05) is 0 Å². The molecule has 0 spiro atoms. The summed E-state index contributed by atoms with van der Waals surface area (Å²) in [6.45, 7) is 4.15. The Hall–Kier alpha value is -1.10. The van der Waals surface area contributed by atoms with E-state index in [9.17, 15) is 9.59 Å². The zero-order valence-corrected chi connectivity index (χ0v) is 14.3. The highest BCUT2D eigenvalue weighted by molar-refractivity contribution is 5.87. The molecule has 0 bridgehead atoms. The molecule has 2 amide bonds. The van der Waals surface area contributed by atoms with Crippen molar-refractivity contribution in [3.63, 3.8) is 0 Å². The normalized spacial score (nSPS) is 12.0. The summed E-state index contributed by atoms with van der Waals surface area (Å²) in [5, 5.41) is 14.3. The summed E-state index contributed by atoms with van der Waals surface area (Å²) in [4.78, 5) is 23.3. The van der Waals surface area contributed by atoms with Crippen LogP contribution in [0.4, 0.5) is 0 Å². The lowest BCUT2D eigenvalue weighted by Crippen LogP contribution is -2.48. The van der Waals surface area contributed by atoms with E-state index in [2.05, 4.69) is 17.6 Å². The van der Waals surface area contributed by atoms with Gasteiger partial charge in [0.2, 0.25) is 11.8 Å². The number of rotatable bonds is 14.